The number of ketones is 1. The number of carbonyl (C=O) groups excluding carboxylic acids is 2. The van der Waals surface area contributed by atoms with Crippen LogP contribution >= 0.6 is 0 Å². The van der Waals surface area contributed by atoms with Crippen molar-refractivity contribution < 1.29 is 127 Å². The third-order valence-corrected chi connectivity index (χ3v) is 15.1. The van der Waals surface area contributed by atoms with Crippen molar-refractivity contribution >= 4 is 11.8 Å². The van der Waals surface area contributed by atoms with Gasteiger partial charge in [0.1, 0.15) is 55.4 Å². The first-order chi connectivity index (χ1) is 48.2. The Morgan fingerprint density at radius 2 is 1.07 bits per heavy atom. The van der Waals surface area contributed by atoms with E-state index in [1.54, 1.807) is 78.0 Å². The van der Waals surface area contributed by atoms with Crippen LogP contribution in [0.2, 0.25) is 0 Å². The average Bonchev–Trinajstić information content (AvgIpc) is 1.54. The molecule has 8 aliphatic rings. The molecule has 8 aliphatic carbocycles. The van der Waals surface area contributed by atoms with Gasteiger partial charge in [-0.1, -0.05) is 144 Å². The Kier molecular flexibility index (Phi) is 62.7. The third kappa shape index (κ3) is 54.7. The smallest absolute Gasteiger partial charge is 0.330 e. The van der Waals surface area contributed by atoms with E-state index in [1.165, 1.54) is 30.6 Å². The molecule has 22 N–H and O–H groups in total. The molecule has 0 spiro atoms. The first kappa shape index (κ1) is 102. The fourth-order valence-corrected chi connectivity index (χ4v) is 9.27. The molecule has 25 nitrogen and oxygen atoms in total. The van der Waals surface area contributed by atoms with Gasteiger partial charge >= 0.3 is 5.97 Å². The lowest BCUT2D eigenvalue weighted by molar-refractivity contribution is -0.138. The Balaban J connectivity index is -0.000000522. The van der Waals surface area contributed by atoms with Crippen LogP contribution in [0.15, 0.2) is 132 Å². The van der Waals surface area contributed by atoms with Gasteiger partial charge in [-0.2, -0.15) is 0 Å². The lowest BCUT2D eigenvalue weighted by Crippen LogP contribution is -2.40. The molecule has 0 amide bonds. The number of esters is 1. The van der Waals surface area contributed by atoms with Crippen molar-refractivity contribution in [1.82, 2.24) is 0 Å². The highest BCUT2D eigenvalue weighted by molar-refractivity contribution is 5.95. The predicted molar refractivity (Wildman–Crippen MR) is 391 cm³/mol. The fraction of sp³-hybridized carbons (Fsp3) is 0.610. The fourth-order valence-electron chi connectivity index (χ4n) is 9.27. The summed E-state index contributed by atoms with van der Waals surface area (Å²) in [5.74, 6) is 16.1. The molecule has 0 saturated heterocycles. The summed E-state index contributed by atoms with van der Waals surface area (Å²) in [5.41, 5.74) is 1.66. The predicted octanol–water partition coefficient (Wildman–Crippen LogP) is 0.400. The summed E-state index contributed by atoms with van der Waals surface area (Å²) in [6, 6.07) is 0. The van der Waals surface area contributed by atoms with Crippen LogP contribution in [0.5, 0.6) is 0 Å². The lowest BCUT2D eigenvalue weighted by atomic mass is 9.63. The van der Waals surface area contributed by atoms with E-state index in [0.717, 1.165) is 61.0 Å². The standard InChI is InChI=1S/C10H16O2.C10H18O2.C9H14O2.C8H12O5.C8H14O2.C7H10O2.C6H8O2.C6H10O2.C5H8O2.C4H8O2.C4H6O2/c11-5-9-7-1-2-8(4-3-7)10(9)6-12;1-9(6-7-11)4-3-5-10(2)8-12;10-5-9(6-11)4-7-1-2-8(9)3-7;9-4-3-7(11)1-2-8(12)13-6-5-10;1-7(2,9)5-6-8(3,4)10;8-4-6-1-2-7(3-6)5-9;7-5-3-1-2-4-6(5)8;1-5(7)3-4-6(2)8;6-3-5(4-7)1-2-5;2*5-3-1-2-4-6/h1-2,7-12H,3-6H2;5-6,11-12H,3-4,7-8H2,1-2H3;1-2,7-8,10-11H,3-6H2;1-2,9-10H,3-6H2;9-10H,1-4H3;1-2,8-9H,3-5H2;1-8H;5-8H,1-2H3;1-2,6-7H,3-4H2;1-2,5-6H,3-4H2;5-6H,3-4H2/b;9-6+,10-5+;;;;;;;;2-1-;. The summed E-state index contributed by atoms with van der Waals surface area (Å²) in [5, 5.41) is 189. The van der Waals surface area contributed by atoms with E-state index >= 15 is 0 Å². The minimum absolute atomic E-state index is 0.0101. The minimum atomic E-state index is -1.01. The molecule has 25 heteroatoms. The van der Waals surface area contributed by atoms with Crippen molar-refractivity contribution in [3.8, 4) is 35.5 Å². The Bertz CT molecular complexity index is 2640. The maximum atomic E-state index is 10.7. The quantitative estimate of drug-likeness (QED) is 0.0320. The Hall–Kier alpha value is -5.92. The summed E-state index contributed by atoms with van der Waals surface area (Å²) >= 11 is 0. The largest absolute Gasteiger partial charge is 0.460 e. The summed E-state index contributed by atoms with van der Waals surface area (Å²) in [6.07, 6.45) is 35.9. The van der Waals surface area contributed by atoms with Gasteiger partial charge in [0.05, 0.1) is 84.7 Å². The van der Waals surface area contributed by atoms with Crippen LogP contribution in [0.4, 0.5) is 0 Å². The molecule has 10 unspecified atom stereocenters. The number of allylic oxidation sites excluding steroid dienone is 11. The zero-order valence-corrected chi connectivity index (χ0v) is 60.9. The summed E-state index contributed by atoms with van der Waals surface area (Å²) in [4.78, 5) is 21.4. The number of hydrogen-bond donors (Lipinski definition) is 22. The zero-order valence-electron chi connectivity index (χ0n) is 60.9. The van der Waals surface area contributed by atoms with Gasteiger partial charge in [0.2, 0.25) is 0 Å². The third-order valence-electron chi connectivity index (χ3n) is 15.1. The number of fused-ring (bicyclic) bond motifs is 4. The topological polar surface area (TPSA) is 488 Å². The van der Waals surface area contributed by atoms with Crippen LogP contribution in [0.25, 0.3) is 0 Å². The van der Waals surface area contributed by atoms with Gasteiger partial charge < -0.3 is 117 Å². The molecule has 0 aromatic carbocycles. The van der Waals surface area contributed by atoms with E-state index in [-0.39, 0.29) is 135 Å². The van der Waals surface area contributed by atoms with E-state index in [4.69, 9.17) is 112 Å². The van der Waals surface area contributed by atoms with Crippen molar-refractivity contribution in [2.45, 2.75) is 142 Å². The molecule has 582 valence electrons. The molecule has 0 aromatic heterocycles. The Morgan fingerprint density at radius 3 is 1.33 bits per heavy atom. The van der Waals surface area contributed by atoms with Gasteiger partial charge in [-0.3, -0.25) is 4.79 Å². The second-order valence-corrected chi connectivity index (χ2v) is 25.3. The number of ether oxygens (including phenoxy) is 1. The highest BCUT2D eigenvalue weighted by Crippen LogP contribution is 2.51. The number of aliphatic hydroxyl groups excluding tert-OH is 20. The SMILES string of the molecule is C/C(=C\CC/C(C)=C/CO)CO.CC(C)(O)C#CC(C)(C)O.CC(O)C#CC(C)O.O=C(C=CC(=O)OCCO)CCO.OC/C=C\CO.OC1C=CC=CC1O.OCC#CCO.OCC1(CO)C=C1.OCC1(CO)CC2C=CC1C2.OCC1=CC=C(CO)C1.OCC1C2C=CC(CC2)C1CO. The first-order valence-corrected chi connectivity index (χ1v) is 33.8. The van der Waals surface area contributed by atoms with Crippen LogP contribution in [-0.4, -0.2) is 272 Å². The number of hydrogen-bond acceptors (Lipinski definition) is 25. The molecule has 4 bridgehead atoms. The molecule has 102 heavy (non-hydrogen) atoms. The van der Waals surface area contributed by atoms with Crippen LogP contribution in [-0.2, 0) is 14.3 Å². The van der Waals surface area contributed by atoms with Crippen molar-refractivity contribution in [1.29, 1.82) is 0 Å². The van der Waals surface area contributed by atoms with Crippen molar-refractivity contribution in [3.05, 3.63) is 132 Å². The van der Waals surface area contributed by atoms with Crippen molar-refractivity contribution in [2.75, 3.05) is 112 Å². The highest BCUT2D eigenvalue weighted by atomic mass is 16.5. The van der Waals surface area contributed by atoms with Gasteiger partial charge in [0, 0.05) is 31.1 Å². The van der Waals surface area contributed by atoms with Crippen LogP contribution in [0, 0.1) is 81.9 Å². The van der Waals surface area contributed by atoms with E-state index in [2.05, 4.69) is 64.6 Å². The number of carbonyl (C=O) groups is 2. The molecular weight excluding hydrogens is 1320 g/mol. The monoisotopic (exact) mass is 1450 g/mol. The molecule has 10 atom stereocenters. The molecule has 0 heterocycles. The molecule has 8 rings (SSSR count). The molecule has 0 aliphatic heterocycles. The highest BCUT2D eigenvalue weighted by Gasteiger charge is 2.47. The summed E-state index contributed by atoms with van der Waals surface area (Å²) in [6.45, 7) is 13.7. The van der Waals surface area contributed by atoms with Crippen molar-refractivity contribution in [3.63, 3.8) is 0 Å². The maximum Gasteiger partial charge on any atom is 0.330 e. The van der Waals surface area contributed by atoms with E-state index < -0.39 is 41.6 Å². The van der Waals surface area contributed by atoms with Crippen LogP contribution in [0.1, 0.15) is 107 Å². The molecule has 0 radical (unpaired) electrons. The van der Waals surface area contributed by atoms with E-state index in [9.17, 15) is 9.59 Å². The molecule has 2 fully saturated rings. The molecule has 0 aromatic rings. The molecular formula is C77H124O25. The summed E-state index contributed by atoms with van der Waals surface area (Å²) < 4.78 is 4.43. The van der Waals surface area contributed by atoms with Gasteiger partial charge in [-0.25, -0.2) is 4.79 Å². The van der Waals surface area contributed by atoms with Crippen LogP contribution < -0.4 is 0 Å². The molecule has 2 saturated carbocycles. The second kappa shape index (κ2) is 62.5. The van der Waals surface area contributed by atoms with Gasteiger partial charge in [0.25, 0.3) is 0 Å². The van der Waals surface area contributed by atoms with Gasteiger partial charge in [0.15, 0.2) is 5.78 Å². The van der Waals surface area contributed by atoms with Gasteiger partial charge in [-0.15, -0.1) is 0 Å². The number of aliphatic hydroxyl groups is 22. The first-order valence-electron chi connectivity index (χ1n) is 33.8. The van der Waals surface area contributed by atoms with Gasteiger partial charge in [-0.05, 0) is 153 Å². The zero-order chi connectivity index (χ0) is 78.6. The summed E-state index contributed by atoms with van der Waals surface area (Å²) in [7, 11) is 0. The number of rotatable bonds is 21. The van der Waals surface area contributed by atoms with Crippen LogP contribution in [0.3, 0.4) is 0 Å². The Labute approximate surface area is 604 Å². The normalized spacial score (nSPS) is 21.7. The minimum Gasteiger partial charge on any atom is -0.460 e. The Morgan fingerprint density at radius 1 is 0.598 bits per heavy atom. The van der Waals surface area contributed by atoms with E-state index in [0.29, 0.717) is 35.5 Å². The second-order valence-electron chi connectivity index (χ2n) is 25.3. The maximum absolute atomic E-state index is 10.7. The van der Waals surface area contributed by atoms with E-state index in [1.807, 2.05) is 38.2 Å². The van der Waals surface area contributed by atoms with Crippen molar-refractivity contribution in [2.24, 2.45) is 46.3 Å². The lowest BCUT2D eigenvalue weighted by Gasteiger charge is -2.43. The average molecular weight is 1450 g/mol.